The molecule has 3 rings (SSSR count). The molecule has 108 valence electrons. The van der Waals surface area contributed by atoms with Gasteiger partial charge in [0.2, 0.25) is 5.91 Å². The number of pyridine rings is 1. The van der Waals surface area contributed by atoms with Crippen LogP contribution in [-0.4, -0.2) is 53.0 Å². The molecule has 0 spiro atoms. The SMILES string of the molecule is Nc1ccc(N2CCN(C(=O)C3CCCS3)CC2)cn1. The third-order valence-corrected chi connectivity index (χ3v) is 5.30. The van der Waals surface area contributed by atoms with Crippen molar-refractivity contribution in [2.45, 2.75) is 18.1 Å². The first-order valence-corrected chi connectivity index (χ1v) is 8.16. The van der Waals surface area contributed by atoms with Crippen molar-refractivity contribution in [2.24, 2.45) is 0 Å². The molecule has 1 amide bonds. The zero-order valence-electron chi connectivity index (χ0n) is 11.5. The van der Waals surface area contributed by atoms with Crippen LogP contribution >= 0.6 is 11.8 Å². The van der Waals surface area contributed by atoms with Crippen molar-refractivity contribution in [2.75, 3.05) is 42.6 Å². The predicted octanol–water partition coefficient (Wildman–Crippen LogP) is 1.21. The maximum Gasteiger partial charge on any atom is 0.235 e. The fraction of sp³-hybridized carbons (Fsp3) is 0.571. The first kappa shape index (κ1) is 13.5. The van der Waals surface area contributed by atoms with Gasteiger partial charge >= 0.3 is 0 Å². The van der Waals surface area contributed by atoms with Gasteiger partial charge in [0, 0.05) is 26.2 Å². The summed E-state index contributed by atoms with van der Waals surface area (Å²) < 4.78 is 0. The molecule has 2 aliphatic rings. The quantitative estimate of drug-likeness (QED) is 0.887. The molecule has 5 nitrogen and oxygen atoms in total. The highest BCUT2D eigenvalue weighted by Gasteiger charge is 2.29. The average molecular weight is 292 g/mol. The second-order valence-electron chi connectivity index (χ2n) is 5.26. The summed E-state index contributed by atoms with van der Waals surface area (Å²) >= 11 is 1.81. The van der Waals surface area contributed by atoms with Crippen LogP contribution in [0.3, 0.4) is 0 Å². The lowest BCUT2D eigenvalue weighted by atomic mass is 10.2. The minimum Gasteiger partial charge on any atom is -0.384 e. The summed E-state index contributed by atoms with van der Waals surface area (Å²) in [6, 6.07) is 3.81. The van der Waals surface area contributed by atoms with Gasteiger partial charge < -0.3 is 15.5 Å². The molecule has 1 unspecified atom stereocenters. The molecule has 1 aromatic rings. The van der Waals surface area contributed by atoms with E-state index in [1.165, 1.54) is 6.42 Å². The Balaban J connectivity index is 1.56. The second kappa shape index (κ2) is 5.91. The van der Waals surface area contributed by atoms with Gasteiger partial charge in [-0.1, -0.05) is 0 Å². The van der Waals surface area contributed by atoms with E-state index < -0.39 is 0 Å². The lowest BCUT2D eigenvalue weighted by Crippen LogP contribution is -2.50. The van der Waals surface area contributed by atoms with Crippen LogP contribution in [0.4, 0.5) is 11.5 Å². The van der Waals surface area contributed by atoms with E-state index in [0.717, 1.165) is 44.0 Å². The largest absolute Gasteiger partial charge is 0.384 e. The van der Waals surface area contributed by atoms with Crippen molar-refractivity contribution in [3.8, 4) is 0 Å². The molecule has 3 heterocycles. The first-order chi connectivity index (χ1) is 9.74. The number of rotatable bonds is 2. The summed E-state index contributed by atoms with van der Waals surface area (Å²) in [6.07, 6.45) is 4.03. The Morgan fingerprint density at radius 1 is 1.30 bits per heavy atom. The molecule has 0 saturated carbocycles. The van der Waals surface area contributed by atoms with Crippen molar-refractivity contribution in [1.82, 2.24) is 9.88 Å². The van der Waals surface area contributed by atoms with Crippen LogP contribution in [0.25, 0.3) is 0 Å². The number of nitrogen functional groups attached to an aromatic ring is 1. The second-order valence-corrected chi connectivity index (χ2v) is 6.57. The number of hydrogen-bond acceptors (Lipinski definition) is 5. The van der Waals surface area contributed by atoms with E-state index in [2.05, 4.69) is 9.88 Å². The van der Waals surface area contributed by atoms with Crippen molar-refractivity contribution in [1.29, 1.82) is 0 Å². The van der Waals surface area contributed by atoms with Crippen LogP contribution in [0.5, 0.6) is 0 Å². The van der Waals surface area contributed by atoms with E-state index >= 15 is 0 Å². The summed E-state index contributed by atoms with van der Waals surface area (Å²) in [4.78, 5) is 20.7. The fourth-order valence-corrected chi connectivity index (χ4v) is 3.99. The minimum absolute atomic E-state index is 0.208. The van der Waals surface area contributed by atoms with Crippen LogP contribution in [0.2, 0.25) is 0 Å². The Kier molecular flexibility index (Phi) is 4.00. The zero-order chi connectivity index (χ0) is 13.9. The van der Waals surface area contributed by atoms with E-state index in [4.69, 9.17) is 5.73 Å². The minimum atomic E-state index is 0.208. The maximum atomic E-state index is 12.3. The highest BCUT2D eigenvalue weighted by Crippen LogP contribution is 2.28. The summed E-state index contributed by atoms with van der Waals surface area (Å²) in [6.45, 7) is 3.35. The molecule has 0 radical (unpaired) electrons. The van der Waals surface area contributed by atoms with Crippen LogP contribution in [-0.2, 0) is 4.79 Å². The van der Waals surface area contributed by atoms with Gasteiger partial charge in [0.15, 0.2) is 0 Å². The number of anilines is 2. The number of nitrogens with zero attached hydrogens (tertiary/aromatic N) is 3. The lowest BCUT2D eigenvalue weighted by molar-refractivity contribution is -0.130. The molecule has 1 aromatic heterocycles. The smallest absolute Gasteiger partial charge is 0.235 e. The number of carbonyl (C=O) groups is 1. The molecule has 20 heavy (non-hydrogen) atoms. The van der Waals surface area contributed by atoms with Crippen molar-refractivity contribution >= 4 is 29.2 Å². The Morgan fingerprint density at radius 2 is 2.10 bits per heavy atom. The Bertz CT molecular complexity index is 465. The van der Waals surface area contributed by atoms with Crippen molar-refractivity contribution in [3.63, 3.8) is 0 Å². The average Bonchev–Trinajstić information content (AvgIpc) is 3.02. The fourth-order valence-electron chi connectivity index (χ4n) is 2.75. The Labute approximate surface area is 123 Å². The normalized spacial score (nSPS) is 23.1. The van der Waals surface area contributed by atoms with Crippen LogP contribution < -0.4 is 10.6 Å². The third kappa shape index (κ3) is 2.85. The molecule has 0 bridgehead atoms. The van der Waals surface area contributed by atoms with E-state index in [0.29, 0.717) is 11.7 Å². The van der Waals surface area contributed by atoms with E-state index in [1.807, 2.05) is 28.8 Å². The van der Waals surface area contributed by atoms with Gasteiger partial charge in [-0.25, -0.2) is 4.98 Å². The highest BCUT2D eigenvalue weighted by molar-refractivity contribution is 8.00. The molecule has 0 aromatic carbocycles. The third-order valence-electron chi connectivity index (χ3n) is 3.93. The first-order valence-electron chi connectivity index (χ1n) is 7.11. The molecular formula is C14H20N4OS. The zero-order valence-corrected chi connectivity index (χ0v) is 12.3. The number of nitrogens with two attached hydrogens (primary N) is 1. The Morgan fingerprint density at radius 3 is 2.70 bits per heavy atom. The van der Waals surface area contributed by atoms with Crippen LogP contribution in [0, 0.1) is 0 Å². The number of hydrogen-bond donors (Lipinski definition) is 1. The summed E-state index contributed by atoms with van der Waals surface area (Å²) in [7, 11) is 0. The van der Waals surface area contributed by atoms with Gasteiger partial charge in [-0.15, -0.1) is 11.8 Å². The molecule has 2 fully saturated rings. The summed E-state index contributed by atoms with van der Waals surface area (Å²) in [5.74, 6) is 2.01. The number of thioether (sulfide) groups is 1. The molecule has 2 saturated heterocycles. The Hall–Kier alpha value is -1.43. The number of carbonyl (C=O) groups excluding carboxylic acids is 1. The van der Waals surface area contributed by atoms with Gasteiger partial charge in [-0.3, -0.25) is 4.79 Å². The molecule has 2 N–H and O–H groups in total. The van der Waals surface area contributed by atoms with Crippen LogP contribution in [0.1, 0.15) is 12.8 Å². The van der Waals surface area contributed by atoms with Crippen molar-refractivity contribution < 1.29 is 4.79 Å². The molecule has 6 heteroatoms. The summed E-state index contributed by atoms with van der Waals surface area (Å²) in [5.41, 5.74) is 6.69. The number of amides is 1. The monoisotopic (exact) mass is 292 g/mol. The van der Waals surface area contributed by atoms with Gasteiger partial charge in [0.1, 0.15) is 5.82 Å². The predicted molar refractivity (Wildman–Crippen MR) is 82.9 cm³/mol. The molecule has 2 aliphatic heterocycles. The van der Waals surface area contributed by atoms with E-state index in [1.54, 1.807) is 6.20 Å². The van der Waals surface area contributed by atoms with Crippen molar-refractivity contribution in [3.05, 3.63) is 18.3 Å². The van der Waals surface area contributed by atoms with Crippen LogP contribution in [0.15, 0.2) is 18.3 Å². The van der Waals surface area contributed by atoms with E-state index in [-0.39, 0.29) is 5.25 Å². The number of aromatic nitrogens is 1. The molecule has 0 aliphatic carbocycles. The molecule has 1 atom stereocenters. The standard InChI is InChI=1S/C14H20N4OS/c15-13-4-3-11(10-16-13)17-5-7-18(8-6-17)14(19)12-2-1-9-20-12/h3-4,10,12H,1-2,5-9H2,(H2,15,16). The van der Waals surface area contributed by atoms with Gasteiger partial charge in [-0.2, -0.15) is 0 Å². The van der Waals surface area contributed by atoms with Gasteiger partial charge in [-0.05, 0) is 30.7 Å². The van der Waals surface area contributed by atoms with Gasteiger partial charge in [0.25, 0.3) is 0 Å². The summed E-state index contributed by atoms with van der Waals surface area (Å²) in [5, 5.41) is 0.208. The lowest BCUT2D eigenvalue weighted by Gasteiger charge is -2.36. The topological polar surface area (TPSA) is 62.5 Å². The maximum absolute atomic E-state index is 12.3. The number of piperazine rings is 1. The van der Waals surface area contributed by atoms with Gasteiger partial charge in [0.05, 0.1) is 17.1 Å². The molecular weight excluding hydrogens is 272 g/mol. The highest BCUT2D eigenvalue weighted by atomic mass is 32.2. The van der Waals surface area contributed by atoms with E-state index in [9.17, 15) is 4.79 Å².